The number of benzene rings is 2. The fourth-order valence-electron chi connectivity index (χ4n) is 3.67. The van der Waals surface area contributed by atoms with Gasteiger partial charge in [-0.05, 0) is 50.1 Å². The summed E-state index contributed by atoms with van der Waals surface area (Å²) in [5.74, 6) is 0.0495. The van der Waals surface area contributed by atoms with E-state index in [0.717, 1.165) is 11.1 Å². The molecule has 10 heteroatoms. The van der Waals surface area contributed by atoms with Gasteiger partial charge in [-0.2, -0.15) is 9.29 Å². The van der Waals surface area contributed by atoms with E-state index in [9.17, 15) is 13.2 Å². The van der Waals surface area contributed by atoms with Crippen molar-refractivity contribution in [2.75, 3.05) is 13.1 Å². The largest absolute Gasteiger partial charge is 0.347 e. The molecule has 1 aromatic heterocycles. The molecule has 0 spiro atoms. The summed E-state index contributed by atoms with van der Waals surface area (Å²) in [4.78, 5) is 17.2. The van der Waals surface area contributed by atoms with Crippen LogP contribution < -0.4 is 5.32 Å². The quantitative estimate of drug-likeness (QED) is 0.586. The van der Waals surface area contributed by atoms with Gasteiger partial charge in [-0.15, -0.1) is 0 Å². The lowest BCUT2D eigenvalue weighted by atomic mass is 9.99. The first-order valence-corrected chi connectivity index (χ1v) is 12.1. The van der Waals surface area contributed by atoms with Gasteiger partial charge in [0.05, 0.1) is 17.4 Å². The molecule has 1 saturated heterocycles. The predicted octanol–water partition coefficient (Wildman–Crippen LogP) is 3.42. The number of piperidine rings is 1. The van der Waals surface area contributed by atoms with Crippen LogP contribution in [0.3, 0.4) is 0 Å². The first-order chi connectivity index (χ1) is 15.3. The molecule has 1 unspecified atom stereocenters. The molecule has 4 rings (SSSR count). The Morgan fingerprint density at radius 2 is 2.03 bits per heavy atom. The summed E-state index contributed by atoms with van der Waals surface area (Å²) in [6, 6.07) is 13.8. The van der Waals surface area contributed by atoms with Gasteiger partial charge in [0, 0.05) is 23.7 Å². The monoisotopic (exact) mass is 474 g/mol. The maximum Gasteiger partial charge on any atom is 0.246 e. The average molecular weight is 475 g/mol. The number of halogens is 1. The normalized spacial score (nSPS) is 17.2. The highest BCUT2D eigenvalue weighted by atomic mass is 35.5. The highest BCUT2D eigenvalue weighted by molar-refractivity contribution is 7.89. The molecule has 0 aliphatic carbocycles. The third-order valence-electron chi connectivity index (χ3n) is 5.36. The molecular weight excluding hydrogens is 452 g/mol. The minimum absolute atomic E-state index is 0.0814. The smallest absolute Gasteiger partial charge is 0.246 e. The van der Waals surface area contributed by atoms with Crippen molar-refractivity contribution < 1.29 is 17.7 Å². The van der Waals surface area contributed by atoms with Gasteiger partial charge in [-0.25, -0.2) is 8.42 Å². The first-order valence-electron chi connectivity index (χ1n) is 10.3. The summed E-state index contributed by atoms with van der Waals surface area (Å²) in [6.45, 7) is 2.55. The van der Waals surface area contributed by atoms with Crippen LogP contribution >= 0.6 is 11.6 Å². The van der Waals surface area contributed by atoms with Gasteiger partial charge in [0.25, 0.3) is 0 Å². The minimum Gasteiger partial charge on any atom is -0.347 e. The first kappa shape index (κ1) is 22.4. The number of carbonyl (C=O) groups excluding carboxylic acids is 1. The van der Waals surface area contributed by atoms with Crippen molar-refractivity contribution >= 4 is 27.5 Å². The average Bonchev–Trinajstić information content (AvgIpc) is 3.27. The zero-order chi connectivity index (χ0) is 22.7. The number of nitrogens with one attached hydrogen (secondary N) is 1. The van der Waals surface area contributed by atoms with E-state index in [-0.39, 0.29) is 29.8 Å². The summed E-state index contributed by atoms with van der Waals surface area (Å²) in [5, 5.41) is 7.22. The van der Waals surface area contributed by atoms with E-state index in [1.807, 2.05) is 31.2 Å². The standard InChI is InChI=1S/C22H23ClN4O4S/c1-15-4-2-5-16(12-15)21-25-20(31-26-21)13-24-22(28)17-6-3-11-27(14-17)32(29,30)19-9-7-18(23)8-10-19/h2,4-5,7-10,12,17H,3,6,11,13-14H2,1H3,(H,24,28). The number of amides is 1. The van der Waals surface area contributed by atoms with E-state index >= 15 is 0 Å². The van der Waals surface area contributed by atoms with Crippen LogP contribution in [0.25, 0.3) is 11.4 Å². The Bertz CT molecular complexity index is 1210. The highest BCUT2D eigenvalue weighted by Gasteiger charge is 2.33. The van der Waals surface area contributed by atoms with Crippen molar-refractivity contribution in [2.45, 2.75) is 31.2 Å². The zero-order valence-corrected chi connectivity index (χ0v) is 19.1. The molecule has 1 fully saturated rings. The van der Waals surface area contributed by atoms with E-state index in [2.05, 4.69) is 15.5 Å². The van der Waals surface area contributed by atoms with Crippen molar-refractivity contribution in [3.63, 3.8) is 0 Å². The van der Waals surface area contributed by atoms with E-state index in [1.54, 1.807) is 0 Å². The number of hydrogen-bond acceptors (Lipinski definition) is 6. The fraction of sp³-hybridized carbons (Fsp3) is 0.318. The Hall–Kier alpha value is -2.75. The molecule has 8 nitrogen and oxygen atoms in total. The van der Waals surface area contributed by atoms with E-state index in [1.165, 1.54) is 28.6 Å². The van der Waals surface area contributed by atoms with Crippen LogP contribution in [0.4, 0.5) is 0 Å². The number of aromatic nitrogens is 2. The second-order valence-electron chi connectivity index (χ2n) is 7.76. The minimum atomic E-state index is -3.69. The number of nitrogens with zero attached hydrogens (tertiary/aromatic N) is 3. The molecule has 1 aliphatic rings. The maximum absolute atomic E-state index is 12.9. The Balaban J connectivity index is 1.37. The van der Waals surface area contributed by atoms with E-state index < -0.39 is 15.9 Å². The lowest BCUT2D eigenvalue weighted by Gasteiger charge is -2.31. The molecule has 1 N–H and O–H groups in total. The molecule has 168 valence electrons. The third-order valence-corrected chi connectivity index (χ3v) is 7.50. The predicted molar refractivity (Wildman–Crippen MR) is 119 cm³/mol. The molecule has 2 aromatic carbocycles. The molecule has 0 bridgehead atoms. The molecule has 3 aromatic rings. The second-order valence-corrected chi connectivity index (χ2v) is 10.1. The van der Waals surface area contributed by atoms with Crippen LogP contribution in [0.5, 0.6) is 0 Å². The molecule has 1 aliphatic heterocycles. The topological polar surface area (TPSA) is 105 Å². The molecule has 1 atom stereocenters. The van der Waals surface area contributed by atoms with Crippen LogP contribution in [-0.4, -0.2) is 41.9 Å². The molecule has 32 heavy (non-hydrogen) atoms. The fourth-order valence-corrected chi connectivity index (χ4v) is 5.32. The molecule has 0 saturated carbocycles. The van der Waals surface area contributed by atoms with Crippen LogP contribution in [0.1, 0.15) is 24.3 Å². The second kappa shape index (κ2) is 9.40. The van der Waals surface area contributed by atoms with Crippen molar-refractivity contribution in [3.8, 4) is 11.4 Å². The Morgan fingerprint density at radius 3 is 2.78 bits per heavy atom. The van der Waals surface area contributed by atoms with Crippen molar-refractivity contribution in [1.29, 1.82) is 0 Å². The van der Waals surface area contributed by atoms with Crippen molar-refractivity contribution in [1.82, 2.24) is 19.8 Å². The summed E-state index contributed by atoms with van der Waals surface area (Å²) >= 11 is 5.86. The number of carbonyl (C=O) groups is 1. The van der Waals surface area contributed by atoms with Gasteiger partial charge < -0.3 is 9.84 Å². The van der Waals surface area contributed by atoms with E-state index in [4.69, 9.17) is 16.1 Å². The van der Waals surface area contributed by atoms with Gasteiger partial charge in [0.2, 0.25) is 27.6 Å². The molecule has 2 heterocycles. The van der Waals surface area contributed by atoms with Gasteiger partial charge in [0.1, 0.15) is 0 Å². The van der Waals surface area contributed by atoms with Crippen molar-refractivity contribution in [2.24, 2.45) is 5.92 Å². The Kier molecular flexibility index (Phi) is 6.59. The summed E-state index contributed by atoms with van der Waals surface area (Å²) in [5.41, 5.74) is 1.92. The zero-order valence-electron chi connectivity index (χ0n) is 17.5. The third kappa shape index (κ3) is 5.01. The highest BCUT2D eigenvalue weighted by Crippen LogP contribution is 2.25. The number of rotatable bonds is 6. The van der Waals surface area contributed by atoms with Crippen LogP contribution in [0.15, 0.2) is 57.9 Å². The van der Waals surface area contributed by atoms with Crippen molar-refractivity contribution in [3.05, 3.63) is 65.0 Å². The van der Waals surface area contributed by atoms with Gasteiger partial charge >= 0.3 is 0 Å². The summed E-state index contributed by atoms with van der Waals surface area (Å²) in [7, 11) is -3.69. The number of hydrogen-bond donors (Lipinski definition) is 1. The lowest BCUT2D eigenvalue weighted by Crippen LogP contribution is -2.45. The molecular formula is C22H23ClN4O4S. The SMILES string of the molecule is Cc1cccc(-c2noc(CNC(=O)C3CCCN(S(=O)(=O)c4ccc(Cl)cc4)C3)n2)c1. The van der Waals surface area contributed by atoms with Crippen LogP contribution in [0.2, 0.25) is 5.02 Å². The Morgan fingerprint density at radius 1 is 1.25 bits per heavy atom. The number of aryl methyl sites for hydroxylation is 1. The van der Waals surface area contributed by atoms with Gasteiger partial charge in [0.15, 0.2) is 0 Å². The van der Waals surface area contributed by atoms with Crippen LogP contribution in [-0.2, 0) is 21.4 Å². The van der Waals surface area contributed by atoms with Crippen LogP contribution in [0, 0.1) is 12.8 Å². The number of sulfonamides is 1. The van der Waals surface area contributed by atoms with Gasteiger partial charge in [-0.3, -0.25) is 4.79 Å². The van der Waals surface area contributed by atoms with Gasteiger partial charge in [-0.1, -0.05) is 40.5 Å². The maximum atomic E-state index is 12.9. The summed E-state index contributed by atoms with van der Waals surface area (Å²) < 4.78 is 32.5. The molecule has 0 radical (unpaired) electrons. The lowest BCUT2D eigenvalue weighted by molar-refractivity contribution is -0.126. The Labute approximate surface area is 191 Å². The van der Waals surface area contributed by atoms with E-state index in [0.29, 0.717) is 30.2 Å². The summed E-state index contributed by atoms with van der Waals surface area (Å²) in [6.07, 6.45) is 1.21. The molecule has 1 amide bonds.